The lowest BCUT2D eigenvalue weighted by Crippen LogP contribution is -2.44. The summed E-state index contributed by atoms with van der Waals surface area (Å²) in [5.74, 6) is 0.503. The first-order chi connectivity index (χ1) is 9.54. The number of aryl methyl sites for hydroxylation is 1. The summed E-state index contributed by atoms with van der Waals surface area (Å²) in [5, 5.41) is 6.77. The molecule has 3 rings (SSSR count). The maximum atomic E-state index is 12.4. The van der Waals surface area contributed by atoms with Gasteiger partial charge in [0.25, 0.3) is 5.56 Å². The number of nitrogens with two attached hydrogens (primary N) is 1. The highest BCUT2D eigenvalue weighted by Gasteiger charge is 2.30. The Hall–Kier alpha value is -1.89. The zero-order chi connectivity index (χ0) is 14.3. The molecule has 20 heavy (non-hydrogen) atoms. The van der Waals surface area contributed by atoms with Crippen LogP contribution in [0.25, 0.3) is 11.2 Å². The third kappa shape index (κ3) is 1.98. The molecular formula is C13H20N6O. The van der Waals surface area contributed by atoms with Crippen molar-refractivity contribution in [2.24, 2.45) is 18.2 Å². The zero-order valence-corrected chi connectivity index (χ0v) is 11.9. The summed E-state index contributed by atoms with van der Waals surface area (Å²) >= 11 is 0. The second-order valence-corrected chi connectivity index (χ2v) is 5.91. The van der Waals surface area contributed by atoms with Crippen molar-refractivity contribution in [3.8, 4) is 0 Å². The second kappa shape index (κ2) is 4.59. The quantitative estimate of drug-likeness (QED) is 0.818. The van der Waals surface area contributed by atoms with Crippen molar-refractivity contribution in [2.75, 3.05) is 24.5 Å². The monoisotopic (exact) mass is 276 g/mol. The smallest absolute Gasteiger partial charge is 0.293 e. The van der Waals surface area contributed by atoms with Crippen LogP contribution in [-0.4, -0.2) is 39.4 Å². The number of aromatic nitrogens is 4. The SMILES string of the molecule is Cn1c(=O)c(N2CCC(C)(CN)CC2)nc2[nH]ncc21. The van der Waals surface area contributed by atoms with Gasteiger partial charge in [0.15, 0.2) is 11.5 Å². The van der Waals surface area contributed by atoms with Gasteiger partial charge in [0.1, 0.15) is 5.52 Å². The van der Waals surface area contributed by atoms with Crippen LogP contribution in [0.5, 0.6) is 0 Å². The molecule has 1 aliphatic heterocycles. The van der Waals surface area contributed by atoms with E-state index in [1.807, 2.05) is 0 Å². The van der Waals surface area contributed by atoms with Crippen molar-refractivity contribution in [1.82, 2.24) is 19.7 Å². The number of fused-ring (bicyclic) bond motifs is 1. The standard InChI is InChI=1S/C13H20N6O/c1-13(8-14)3-5-19(6-4-13)11-12(20)18(2)9-7-15-17-10(9)16-11/h7H,3-6,8,14H2,1-2H3,(H,15,17). The second-order valence-electron chi connectivity index (χ2n) is 5.91. The fraction of sp³-hybridized carbons (Fsp3) is 0.615. The Morgan fingerprint density at radius 2 is 2.15 bits per heavy atom. The zero-order valence-electron chi connectivity index (χ0n) is 11.9. The molecule has 2 aromatic rings. The van der Waals surface area contributed by atoms with Crippen LogP contribution >= 0.6 is 0 Å². The molecule has 0 aromatic carbocycles. The van der Waals surface area contributed by atoms with E-state index in [1.165, 1.54) is 0 Å². The van der Waals surface area contributed by atoms with Gasteiger partial charge in [0, 0.05) is 20.1 Å². The van der Waals surface area contributed by atoms with Crippen LogP contribution < -0.4 is 16.2 Å². The van der Waals surface area contributed by atoms with Gasteiger partial charge in [-0.15, -0.1) is 0 Å². The van der Waals surface area contributed by atoms with Crippen LogP contribution in [0, 0.1) is 5.41 Å². The fourth-order valence-electron chi connectivity index (χ4n) is 2.68. The third-order valence-electron chi connectivity index (χ3n) is 4.44. The molecule has 7 nitrogen and oxygen atoms in total. The molecule has 7 heteroatoms. The maximum Gasteiger partial charge on any atom is 0.293 e. The number of rotatable bonds is 2. The molecule has 108 valence electrons. The van der Waals surface area contributed by atoms with Crippen molar-refractivity contribution in [2.45, 2.75) is 19.8 Å². The molecular weight excluding hydrogens is 256 g/mol. The summed E-state index contributed by atoms with van der Waals surface area (Å²) in [6.07, 6.45) is 3.58. The minimum Gasteiger partial charge on any atom is -0.352 e. The van der Waals surface area contributed by atoms with Crippen LogP contribution in [0.3, 0.4) is 0 Å². The van der Waals surface area contributed by atoms with Crippen LogP contribution in [-0.2, 0) is 7.05 Å². The Bertz CT molecular complexity index is 680. The molecule has 0 bridgehead atoms. The summed E-state index contributed by atoms with van der Waals surface area (Å²) in [6, 6.07) is 0. The molecule has 0 spiro atoms. The number of hydrogen-bond donors (Lipinski definition) is 2. The topological polar surface area (TPSA) is 92.8 Å². The predicted molar refractivity (Wildman–Crippen MR) is 77.7 cm³/mol. The van der Waals surface area contributed by atoms with Crippen LogP contribution in [0.2, 0.25) is 0 Å². The number of nitrogens with zero attached hydrogens (tertiary/aromatic N) is 4. The minimum absolute atomic E-state index is 0.0738. The van der Waals surface area contributed by atoms with E-state index in [9.17, 15) is 4.79 Å². The molecule has 0 atom stereocenters. The van der Waals surface area contributed by atoms with Gasteiger partial charge in [-0.2, -0.15) is 5.10 Å². The summed E-state index contributed by atoms with van der Waals surface area (Å²) in [6.45, 7) is 4.52. The molecule has 1 saturated heterocycles. The normalized spacial score (nSPS) is 18.6. The van der Waals surface area contributed by atoms with Gasteiger partial charge in [0.2, 0.25) is 0 Å². The van der Waals surface area contributed by atoms with Crippen molar-refractivity contribution in [3.05, 3.63) is 16.6 Å². The van der Waals surface area contributed by atoms with E-state index in [4.69, 9.17) is 5.73 Å². The number of nitrogens with one attached hydrogen (secondary N) is 1. The molecule has 0 saturated carbocycles. The lowest BCUT2D eigenvalue weighted by Gasteiger charge is -2.38. The molecule has 0 radical (unpaired) electrons. The maximum absolute atomic E-state index is 12.4. The van der Waals surface area contributed by atoms with Crippen molar-refractivity contribution >= 4 is 17.0 Å². The molecule has 3 heterocycles. The first kappa shape index (κ1) is 13.1. The Labute approximate surface area is 116 Å². The molecule has 0 unspecified atom stereocenters. The Kier molecular flexibility index (Phi) is 3.01. The van der Waals surface area contributed by atoms with E-state index in [2.05, 4.69) is 27.0 Å². The van der Waals surface area contributed by atoms with E-state index < -0.39 is 0 Å². The first-order valence-electron chi connectivity index (χ1n) is 6.89. The van der Waals surface area contributed by atoms with Crippen molar-refractivity contribution in [3.63, 3.8) is 0 Å². The summed E-state index contributed by atoms with van der Waals surface area (Å²) in [7, 11) is 1.75. The van der Waals surface area contributed by atoms with Crippen LogP contribution in [0.4, 0.5) is 5.82 Å². The number of H-pyrrole nitrogens is 1. The van der Waals surface area contributed by atoms with E-state index in [1.54, 1.807) is 17.8 Å². The molecule has 1 fully saturated rings. The van der Waals surface area contributed by atoms with Gasteiger partial charge in [-0.05, 0) is 24.8 Å². The van der Waals surface area contributed by atoms with E-state index >= 15 is 0 Å². The summed E-state index contributed by atoms with van der Waals surface area (Å²) in [5.41, 5.74) is 7.30. The van der Waals surface area contributed by atoms with E-state index in [0.717, 1.165) is 31.4 Å². The molecule has 0 amide bonds. The minimum atomic E-state index is -0.0738. The Balaban J connectivity index is 1.95. The number of piperidine rings is 1. The highest BCUT2D eigenvalue weighted by atomic mass is 16.1. The van der Waals surface area contributed by atoms with Crippen LogP contribution in [0.15, 0.2) is 11.0 Å². The lowest BCUT2D eigenvalue weighted by atomic mass is 9.80. The fourth-order valence-corrected chi connectivity index (χ4v) is 2.68. The highest BCUT2D eigenvalue weighted by molar-refractivity contribution is 5.71. The predicted octanol–water partition coefficient (Wildman–Crippen LogP) is 0.222. The van der Waals surface area contributed by atoms with Crippen molar-refractivity contribution in [1.29, 1.82) is 0 Å². The van der Waals surface area contributed by atoms with Crippen LogP contribution in [0.1, 0.15) is 19.8 Å². The first-order valence-corrected chi connectivity index (χ1v) is 6.89. The molecule has 2 aromatic heterocycles. The Morgan fingerprint density at radius 1 is 1.45 bits per heavy atom. The third-order valence-corrected chi connectivity index (χ3v) is 4.44. The average molecular weight is 276 g/mol. The van der Waals surface area contributed by atoms with Gasteiger partial charge < -0.3 is 15.2 Å². The highest BCUT2D eigenvalue weighted by Crippen LogP contribution is 2.30. The van der Waals surface area contributed by atoms with Gasteiger partial charge in [0.05, 0.1) is 6.20 Å². The number of anilines is 1. The lowest BCUT2D eigenvalue weighted by molar-refractivity contribution is 0.257. The summed E-state index contributed by atoms with van der Waals surface area (Å²) < 4.78 is 1.60. The van der Waals surface area contributed by atoms with Gasteiger partial charge in [-0.1, -0.05) is 6.92 Å². The van der Waals surface area contributed by atoms with Gasteiger partial charge in [-0.3, -0.25) is 9.89 Å². The number of hydrogen-bond acceptors (Lipinski definition) is 5. The van der Waals surface area contributed by atoms with Crippen molar-refractivity contribution < 1.29 is 0 Å². The molecule has 0 aliphatic carbocycles. The van der Waals surface area contributed by atoms with E-state index in [-0.39, 0.29) is 11.0 Å². The average Bonchev–Trinajstić information content (AvgIpc) is 2.92. The largest absolute Gasteiger partial charge is 0.352 e. The van der Waals surface area contributed by atoms with E-state index in [0.29, 0.717) is 18.0 Å². The number of aromatic amines is 1. The summed E-state index contributed by atoms with van der Waals surface area (Å²) in [4.78, 5) is 18.9. The van der Waals surface area contributed by atoms with Gasteiger partial charge in [-0.25, -0.2) is 4.98 Å². The molecule has 1 aliphatic rings. The van der Waals surface area contributed by atoms with Gasteiger partial charge >= 0.3 is 0 Å². The Morgan fingerprint density at radius 3 is 2.80 bits per heavy atom. The molecule has 3 N–H and O–H groups in total.